The van der Waals surface area contributed by atoms with Gasteiger partial charge in [0.15, 0.2) is 5.78 Å². The molecule has 1 aromatic rings. The number of nitrogens with zero attached hydrogens (tertiary/aromatic N) is 1. The first-order valence-corrected chi connectivity index (χ1v) is 9.38. The van der Waals surface area contributed by atoms with Gasteiger partial charge in [-0.3, -0.25) is 14.9 Å². The molecule has 2 aliphatic heterocycles. The fraction of sp³-hybridized carbons (Fsp3) is 0.316. The second-order valence-corrected chi connectivity index (χ2v) is 7.58. The Morgan fingerprint density at radius 1 is 1.28 bits per heavy atom. The molecule has 0 spiro atoms. The number of hydrogen-bond donors (Lipinski definition) is 1. The number of ketones is 1. The Morgan fingerprint density at radius 3 is 2.88 bits per heavy atom. The molecule has 6 heteroatoms. The molecule has 0 amide bonds. The van der Waals surface area contributed by atoms with Crippen molar-refractivity contribution in [3.05, 3.63) is 67.9 Å². The number of allylic oxidation sites excluding steroid dienone is 4. The van der Waals surface area contributed by atoms with Gasteiger partial charge in [0.2, 0.25) is 0 Å². The van der Waals surface area contributed by atoms with E-state index >= 15 is 0 Å². The van der Waals surface area contributed by atoms with Gasteiger partial charge in [-0.25, -0.2) is 0 Å². The minimum atomic E-state index is -0.378. The number of benzene rings is 1. The highest BCUT2D eigenvalue weighted by molar-refractivity contribution is 8.03. The predicted molar refractivity (Wildman–Crippen MR) is 99.0 cm³/mol. The molecule has 1 atom stereocenters. The monoisotopic (exact) mass is 354 g/mol. The molecule has 0 radical (unpaired) electrons. The lowest BCUT2D eigenvalue weighted by molar-refractivity contribution is -0.385. The fourth-order valence-corrected chi connectivity index (χ4v) is 5.16. The lowest BCUT2D eigenvalue weighted by Crippen LogP contribution is -2.30. The van der Waals surface area contributed by atoms with Crippen molar-refractivity contribution in [2.45, 2.75) is 31.6 Å². The van der Waals surface area contributed by atoms with Crippen molar-refractivity contribution in [2.24, 2.45) is 0 Å². The fourth-order valence-electron chi connectivity index (χ4n) is 3.89. The summed E-state index contributed by atoms with van der Waals surface area (Å²) in [7, 11) is 0. The van der Waals surface area contributed by atoms with Gasteiger partial charge in [0, 0.05) is 46.0 Å². The lowest BCUT2D eigenvalue weighted by Gasteiger charge is -2.33. The van der Waals surface area contributed by atoms with Crippen LogP contribution < -0.4 is 5.32 Å². The molecule has 0 fully saturated rings. The van der Waals surface area contributed by atoms with Gasteiger partial charge in [-0.05, 0) is 30.9 Å². The van der Waals surface area contributed by atoms with E-state index in [1.807, 2.05) is 6.07 Å². The highest BCUT2D eigenvalue weighted by Crippen LogP contribution is 2.50. The van der Waals surface area contributed by atoms with Crippen molar-refractivity contribution in [3.8, 4) is 0 Å². The smallest absolute Gasteiger partial charge is 0.276 e. The summed E-state index contributed by atoms with van der Waals surface area (Å²) >= 11 is 1.75. The Morgan fingerprint density at radius 2 is 2.12 bits per heavy atom. The van der Waals surface area contributed by atoms with E-state index in [9.17, 15) is 14.9 Å². The topological polar surface area (TPSA) is 72.2 Å². The zero-order valence-electron chi connectivity index (χ0n) is 13.7. The van der Waals surface area contributed by atoms with Crippen molar-refractivity contribution >= 4 is 29.3 Å². The average Bonchev–Trinajstić information content (AvgIpc) is 3.07. The van der Waals surface area contributed by atoms with E-state index in [2.05, 4.69) is 11.9 Å². The lowest BCUT2D eigenvalue weighted by atomic mass is 9.79. The number of Topliss-reactive ketones (excluding diaryl/α,β-unsaturated/α-hetero) is 1. The van der Waals surface area contributed by atoms with E-state index in [0.717, 1.165) is 46.8 Å². The molecule has 0 saturated carbocycles. The van der Waals surface area contributed by atoms with Crippen LogP contribution in [0.1, 0.15) is 42.7 Å². The second-order valence-electron chi connectivity index (χ2n) is 6.45. The summed E-state index contributed by atoms with van der Waals surface area (Å²) in [4.78, 5) is 24.9. The predicted octanol–water partition coefficient (Wildman–Crippen LogP) is 4.28. The largest absolute Gasteiger partial charge is 0.361 e. The molecule has 1 unspecified atom stereocenters. The summed E-state index contributed by atoms with van der Waals surface area (Å²) < 4.78 is 0. The second kappa shape index (κ2) is 6.19. The highest BCUT2D eigenvalue weighted by atomic mass is 32.2. The SMILES string of the molecule is C=Cc1ccc(C2C3=C(CCS3)NC3=C2C(=O)CCC3)cc1[N+](=O)[O-]. The minimum absolute atomic E-state index is 0.0431. The Bertz CT molecular complexity index is 869. The molecule has 0 aromatic heterocycles. The van der Waals surface area contributed by atoms with Crippen LogP contribution in [0.3, 0.4) is 0 Å². The van der Waals surface area contributed by atoms with Crippen molar-refractivity contribution in [1.82, 2.24) is 5.32 Å². The van der Waals surface area contributed by atoms with Crippen molar-refractivity contribution in [3.63, 3.8) is 0 Å². The van der Waals surface area contributed by atoms with Crippen LogP contribution in [0.25, 0.3) is 6.08 Å². The summed E-state index contributed by atoms with van der Waals surface area (Å²) in [6.45, 7) is 3.66. The van der Waals surface area contributed by atoms with Gasteiger partial charge in [-0.2, -0.15) is 0 Å². The third-order valence-corrected chi connectivity index (χ3v) is 6.22. The molecular formula is C19H18N2O3S. The summed E-state index contributed by atoms with van der Waals surface area (Å²) in [6.07, 6.45) is 4.73. The molecular weight excluding hydrogens is 336 g/mol. The number of nitro groups is 1. The number of hydrogen-bond acceptors (Lipinski definition) is 5. The standard InChI is InChI=1S/C19H18N2O3S/c1-2-11-6-7-12(10-15(11)21(23)24)17-18-13(4-3-5-16(18)22)20-14-8-9-25-19(14)17/h2,6-7,10,17,20H,1,3-5,8-9H2. The average molecular weight is 354 g/mol. The van der Waals surface area contributed by atoms with Crippen LogP contribution in [0.2, 0.25) is 0 Å². The van der Waals surface area contributed by atoms with Crippen molar-refractivity contribution in [1.29, 1.82) is 0 Å². The molecule has 1 N–H and O–H groups in total. The highest BCUT2D eigenvalue weighted by Gasteiger charge is 2.38. The van der Waals surface area contributed by atoms with Crippen LogP contribution in [0.15, 0.2) is 46.7 Å². The number of nitro benzene ring substituents is 1. The van der Waals surface area contributed by atoms with Gasteiger partial charge < -0.3 is 5.32 Å². The molecule has 128 valence electrons. The number of thioether (sulfide) groups is 1. The van der Waals surface area contributed by atoms with E-state index in [-0.39, 0.29) is 22.3 Å². The number of carbonyl (C=O) groups excluding carboxylic acids is 1. The van der Waals surface area contributed by atoms with Gasteiger partial charge in [0.1, 0.15) is 0 Å². The van der Waals surface area contributed by atoms with Gasteiger partial charge in [-0.1, -0.05) is 18.7 Å². The normalized spacial score (nSPS) is 22.4. The molecule has 2 heterocycles. The van der Waals surface area contributed by atoms with Crippen LogP contribution in [0.4, 0.5) is 5.69 Å². The quantitative estimate of drug-likeness (QED) is 0.648. The summed E-state index contributed by atoms with van der Waals surface area (Å²) in [5, 5.41) is 14.9. The molecule has 25 heavy (non-hydrogen) atoms. The first kappa shape index (κ1) is 16.1. The van der Waals surface area contributed by atoms with E-state index < -0.39 is 0 Å². The van der Waals surface area contributed by atoms with Crippen LogP contribution in [-0.2, 0) is 4.79 Å². The van der Waals surface area contributed by atoms with Crippen LogP contribution in [-0.4, -0.2) is 16.5 Å². The van der Waals surface area contributed by atoms with Gasteiger partial charge in [-0.15, -0.1) is 11.8 Å². The number of nitrogens with one attached hydrogen (secondary N) is 1. The molecule has 4 rings (SSSR count). The maximum absolute atomic E-state index is 12.7. The first-order chi connectivity index (χ1) is 12.1. The molecule has 3 aliphatic rings. The Labute approximate surface area is 150 Å². The van der Waals surface area contributed by atoms with Gasteiger partial charge in [0.25, 0.3) is 5.69 Å². The zero-order valence-corrected chi connectivity index (χ0v) is 14.5. The Balaban J connectivity index is 1.88. The first-order valence-electron chi connectivity index (χ1n) is 8.40. The number of carbonyl (C=O) groups is 1. The molecule has 0 saturated heterocycles. The molecule has 1 aromatic carbocycles. The molecule has 1 aliphatic carbocycles. The van der Waals surface area contributed by atoms with E-state index in [4.69, 9.17) is 0 Å². The van der Waals surface area contributed by atoms with Crippen LogP contribution in [0.5, 0.6) is 0 Å². The van der Waals surface area contributed by atoms with E-state index in [1.165, 1.54) is 11.8 Å². The molecule has 5 nitrogen and oxygen atoms in total. The van der Waals surface area contributed by atoms with Crippen LogP contribution in [0, 0.1) is 10.1 Å². The zero-order chi connectivity index (χ0) is 17.6. The Kier molecular flexibility index (Phi) is 4.00. The number of rotatable bonds is 3. The Hall–Kier alpha value is -2.34. The number of dihydropyridines is 1. The van der Waals surface area contributed by atoms with Gasteiger partial charge in [0.05, 0.1) is 10.5 Å². The van der Waals surface area contributed by atoms with Crippen molar-refractivity contribution in [2.75, 3.05) is 5.75 Å². The van der Waals surface area contributed by atoms with E-state index in [1.54, 1.807) is 23.9 Å². The third kappa shape index (κ3) is 2.61. The van der Waals surface area contributed by atoms with Crippen LogP contribution >= 0.6 is 11.8 Å². The third-order valence-electron chi connectivity index (χ3n) is 5.02. The summed E-state index contributed by atoms with van der Waals surface area (Å²) in [5.74, 6) is 0.966. The summed E-state index contributed by atoms with van der Waals surface area (Å²) in [5.41, 5.74) is 4.36. The van der Waals surface area contributed by atoms with E-state index in [0.29, 0.717) is 12.0 Å². The maximum atomic E-state index is 12.7. The van der Waals surface area contributed by atoms with Gasteiger partial charge >= 0.3 is 0 Å². The maximum Gasteiger partial charge on any atom is 0.276 e. The molecule has 0 bridgehead atoms. The van der Waals surface area contributed by atoms with Crippen molar-refractivity contribution < 1.29 is 9.72 Å². The summed E-state index contributed by atoms with van der Waals surface area (Å²) in [6, 6.07) is 5.24. The minimum Gasteiger partial charge on any atom is -0.361 e.